The Morgan fingerprint density at radius 2 is 2.04 bits per heavy atom. The Bertz CT molecular complexity index is 927. The van der Waals surface area contributed by atoms with Gasteiger partial charge in [-0.05, 0) is 31.5 Å². The molecule has 1 fully saturated rings. The minimum Gasteiger partial charge on any atom is -0.478 e. The molecule has 0 bridgehead atoms. The minimum atomic E-state index is -3.21. The predicted molar refractivity (Wildman–Crippen MR) is 92.9 cm³/mol. The summed E-state index contributed by atoms with van der Waals surface area (Å²) in [5, 5.41) is 9.15. The van der Waals surface area contributed by atoms with Crippen molar-refractivity contribution in [2.24, 2.45) is 0 Å². The van der Waals surface area contributed by atoms with Gasteiger partial charge in [-0.2, -0.15) is 0 Å². The van der Waals surface area contributed by atoms with Crippen LogP contribution in [0.15, 0.2) is 30.3 Å². The minimum absolute atomic E-state index is 0.0119. The number of nitrogens with zero attached hydrogens (tertiary/aromatic N) is 3. The predicted octanol–water partition coefficient (Wildman–Crippen LogP) is 1.90. The highest BCUT2D eigenvalue weighted by Crippen LogP contribution is 2.29. The van der Waals surface area contributed by atoms with E-state index in [4.69, 9.17) is 5.11 Å². The number of rotatable bonds is 4. The van der Waals surface area contributed by atoms with Crippen molar-refractivity contribution in [2.75, 3.05) is 19.3 Å². The van der Waals surface area contributed by atoms with Crippen molar-refractivity contribution in [3.8, 4) is 11.3 Å². The lowest BCUT2D eigenvalue weighted by Crippen LogP contribution is -2.27. The Kier molecular flexibility index (Phi) is 4.57. The number of sulfonamides is 1. The van der Waals surface area contributed by atoms with Crippen LogP contribution in [0, 0.1) is 6.92 Å². The maximum Gasteiger partial charge on any atom is 0.335 e. The molecular weight excluding hydrogens is 342 g/mol. The molecule has 2 aromatic rings. The third kappa shape index (κ3) is 3.85. The molecule has 1 N–H and O–H groups in total. The highest BCUT2D eigenvalue weighted by Gasteiger charge is 2.30. The Labute approximate surface area is 146 Å². The van der Waals surface area contributed by atoms with Gasteiger partial charge in [-0.25, -0.2) is 27.5 Å². The van der Waals surface area contributed by atoms with Crippen LogP contribution in [0.1, 0.15) is 34.2 Å². The molecule has 25 heavy (non-hydrogen) atoms. The average Bonchev–Trinajstić information content (AvgIpc) is 3.04. The van der Waals surface area contributed by atoms with Crippen molar-refractivity contribution in [3.05, 3.63) is 47.4 Å². The van der Waals surface area contributed by atoms with E-state index in [1.807, 2.05) is 6.07 Å². The zero-order valence-electron chi connectivity index (χ0n) is 14.0. The number of benzene rings is 1. The van der Waals surface area contributed by atoms with Gasteiger partial charge in [0, 0.05) is 30.3 Å². The second-order valence-corrected chi connectivity index (χ2v) is 8.20. The van der Waals surface area contributed by atoms with Gasteiger partial charge >= 0.3 is 5.97 Å². The molecule has 2 heterocycles. The molecule has 132 valence electrons. The molecule has 0 saturated carbocycles. The largest absolute Gasteiger partial charge is 0.478 e. The molecule has 8 heteroatoms. The van der Waals surface area contributed by atoms with Crippen LogP contribution in [0.4, 0.5) is 0 Å². The number of carboxylic acid groups (broad SMARTS) is 1. The van der Waals surface area contributed by atoms with Gasteiger partial charge in [-0.1, -0.05) is 12.1 Å². The third-order valence-corrected chi connectivity index (χ3v) is 5.57. The number of hydrogen-bond donors (Lipinski definition) is 1. The molecule has 0 radical (unpaired) electrons. The van der Waals surface area contributed by atoms with Crippen molar-refractivity contribution < 1.29 is 18.3 Å². The second-order valence-electron chi connectivity index (χ2n) is 6.22. The van der Waals surface area contributed by atoms with Crippen LogP contribution in [0.25, 0.3) is 11.3 Å². The van der Waals surface area contributed by atoms with Crippen molar-refractivity contribution in [1.29, 1.82) is 0 Å². The van der Waals surface area contributed by atoms with Crippen LogP contribution in [0.3, 0.4) is 0 Å². The molecule has 1 aromatic heterocycles. The molecule has 7 nitrogen and oxygen atoms in total. The SMILES string of the molecule is Cc1nc(-c2cccc(C(=O)O)c2)cc(C2CCN(S(C)(=O)=O)C2)n1. The Morgan fingerprint density at radius 3 is 2.68 bits per heavy atom. The molecule has 0 spiro atoms. The van der Waals surface area contributed by atoms with Gasteiger partial charge in [0.2, 0.25) is 10.0 Å². The van der Waals surface area contributed by atoms with E-state index < -0.39 is 16.0 Å². The average molecular weight is 361 g/mol. The summed E-state index contributed by atoms with van der Waals surface area (Å²) in [6.45, 7) is 2.66. The zero-order valence-corrected chi connectivity index (χ0v) is 14.8. The first kappa shape index (κ1) is 17.5. The van der Waals surface area contributed by atoms with Gasteiger partial charge in [0.05, 0.1) is 17.5 Å². The summed E-state index contributed by atoms with van der Waals surface area (Å²) < 4.78 is 24.9. The van der Waals surface area contributed by atoms with Crippen LogP contribution in [0.5, 0.6) is 0 Å². The second kappa shape index (κ2) is 6.53. The number of carbonyl (C=O) groups is 1. The third-order valence-electron chi connectivity index (χ3n) is 4.30. The van der Waals surface area contributed by atoms with Crippen LogP contribution >= 0.6 is 0 Å². The fraction of sp³-hybridized carbons (Fsp3) is 0.353. The van der Waals surface area contributed by atoms with E-state index >= 15 is 0 Å². The van der Waals surface area contributed by atoms with Gasteiger partial charge in [0.1, 0.15) is 5.82 Å². The molecule has 1 aromatic carbocycles. The van der Waals surface area contributed by atoms with E-state index in [0.717, 1.165) is 5.69 Å². The zero-order chi connectivity index (χ0) is 18.2. The summed E-state index contributed by atoms with van der Waals surface area (Å²) in [6, 6.07) is 8.41. The Balaban J connectivity index is 1.94. The van der Waals surface area contributed by atoms with Crippen molar-refractivity contribution in [2.45, 2.75) is 19.3 Å². The van der Waals surface area contributed by atoms with Crippen LogP contribution in [0.2, 0.25) is 0 Å². The molecule has 3 rings (SSSR count). The van der Waals surface area contributed by atoms with Crippen LogP contribution < -0.4 is 0 Å². The summed E-state index contributed by atoms with van der Waals surface area (Å²) >= 11 is 0. The van der Waals surface area contributed by atoms with E-state index in [-0.39, 0.29) is 11.5 Å². The van der Waals surface area contributed by atoms with Crippen molar-refractivity contribution in [3.63, 3.8) is 0 Å². The first-order valence-corrected chi connectivity index (χ1v) is 9.73. The smallest absolute Gasteiger partial charge is 0.335 e. The van der Waals surface area contributed by atoms with Crippen LogP contribution in [-0.2, 0) is 10.0 Å². The molecule has 0 aliphatic carbocycles. The van der Waals surface area contributed by atoms with E-state index in [0.29, 0.717) is 36.6 Å². The van der Waals surface area contributed by atoms with Gasteiger partial charge < -0.3 is 5.11 Å². The highest BCUT2D eigenvalue weighted by molar-refractivity contribution is 7.88. The van der Waals surface area contributed by atoms with E-state index in [9.17, 15) is 13.2 Å². The lowest BCUT2D eigenvalue weighted by molar-refractivity contribution is 0.0697. The van der Waals surface area contributed by atoms with Crippen LogP contribution in [-0.4, -0.2) is 53.1 Å². The van der Waals surface area contributed by atoms with Crippen molar-refractivity contribution in [1.82, 2.24) is 14.3 Å². The number of carboxylic acids is 1. The lowest BCUT2D eigenvalue weighted by atomic mass is 10.0. The molecule has 1 saturated heterocycles. The molecule has 1 aliphatic rings. The first-order chi connectivity index (χ1) is 11.7. The van der Waals surface area contributed by atoms with Gasteiger partial charge in [0.15, 0.2) is 0 Å². The topological polar surface area (TPSA) is 100 Å². The number of aryl methyl sites for hydroxylation is 1. The normalized spacial score (nSPS) is 18.4. The summed E-state index contributed by atoms with van der Waals surface area (Å²) in [5.74, 6) is -0.406. The lowest BCUT2D eigenvalue weighted by Gasteiger charge is -2.14. The Morgan fingerprint density at radius 1 is 1.28 bits per heavy atom. The summed E-state index contributed by atoms with van der Waals surface area (Å²) in [4.78, 5) is 20.0. The summed E-state index contributed by atoms with van der Waals surface area (Å²) in [7, 11) is -3.21. The van der Waals surface area contributed by atoms with E-state index in [2.05, 4.69) is 9.97 Å². The van der Waals surface area contributed by atoms with Gasteiger partial charge in [0.25, 0.3) is 0 Å². The maximum absolute atomic E-state index is 11.7. The molecular formula is C17H19N3O4S. The Hall–Kier alpha value is -2.32. The summed E-state index contributed by atoms with van der Waals surface area (Å²) in [5.41, 5.74) is 2.32. The monoisotopic (exact) mass is 361 g/mol. The van der Waals surface area contributed by atoms with Gasteiger partial charge in [-0.3, -0.25) is 0 Å². The summed E-state index contributed by atoms with van der Waals surface area (Å²) in [6.07, 6.45) is 1.92. The molecule has 1 unspecified atom stereocenters. The fourth-order valence-electron chi connectivity index (χ4n) is 3.03. The molecule has 0 amide bonds. The maximum atomic E-state index is 11.7. The van der Waals surface area contributed by atoms with Gasteiger partial charge in [-0.15, -0.1) is 0 Å². The molecule has 1 atom stereocenters. The highest BCUT2D eigenvalue weighted by atomic mass is 32.2. The van der Waals surface area contributed by atoms with E-state index in [1.54, 1.807) is 25.1 Å². The fourth-order valence-corrected chi connectivity index (χ4v) is 3.92. The first-order valence-electron chi connectivity index (χ1n) is 7.88. The quantitative estimate of drug-likeness (QED) is 0.893. The van der Waals surface area contributed by atoms with Crippen molar-refractivity contribution >= 4 is 16.0 Å². The standard InChI is InChI=1S/C17H19N3O4S/c1-11-18-15(12-4-3-5-13(8-12)17(21)22)9-16(19-11)14-6-7-20(10-14)25(2,23)24/h3-5,8-9,14H,6-7,10H2,1-2H3,(H,21,22). The molecule has 1 aliphatic heterocycles. The number of aromatic carboxylic acids is 1. The number of hydrogen-bond acceptors (Lipinski definition) is 5. The van der Waals surface area contributed by atoms with E-state index in [1.165, 1.54) is 16.6 Å². The number of aromatic nitrogens is 2.